The molecule has 4 aromatic rings. The van der Waals surface area contributed by atoms with E-state index in [0.717, 1.165) is 0 Å². The van der Waals surface area contributed by atoms with Crippen molar-refractivity contribution < 1.29 is 54.9 Å². The molecule has 6 rings (SSSR count). The van der Waals surface area contributed by atoms with Crippen LogP contribution in [-0.4, -0.2) is 33.2 Å². The summed E-state index contributed by atoms with van der Waals surface area (Å²) in [6.07, 6.45) is 5.85. The fourth-order valence-corrected chi connectivity index (χ4v) is 9.78. The van der Waals surface area contributed by atoms with Gasteiger partial charge in [0.25, 0.3) is 0 Å². The van der Waals surface area contributed by atoms with Crippen molar-refractivity contribution in [2.24, 2.45) is 0 Å². The second-order valence-corrected chi connectivity index (χ2v) is 18.8. The number of hydrogen-bond donors (Lipinski definition) is 0. The van der Waals surface area contributed by atoms with E-state index in [0.29, 0.717) is 0 Å². The molecular formula is C36H44Au2N2O6P2S2-4. The average molecular weight is 1120 g/mol. The molecule has 0 spiro atoms. The summed E-state index contributed by atoms with van der Waals surface area (Å²) in [4.78, 5) is 16.5. The van der Waals surface area contributed by atoms with E-state index in [2.05, 4.69) is 98.7 Å². The van der Waals surface area contributed by atoms with Gasteiger partial charge in [-0.2, -0.15) is 64.7 Å². The molecule has 2 radical (unpaired) electrons. The molecule has 14 heteroatoms. The van der Waals surface area contributed by atoms with Gasteiger partial charge in [-0.15, -0.1) is 0 Å². The Morgan fingerprint density at radius 2 is 0.580 bits per heavy atom. The van der Waals surface area contributed by atoms with Crippen LogP contribution in [0.5, 0.6) is 0 Å². The van der Waals surface area contributed by atoms with E-state index in [4.69, 9.17) is 30.6 Å². The first-order valence-electron chi connectivity index (χ1n) is 15.1. The molecule has 0 aromatic heterocycles. The second-order valence-electron chi connectivity index (χ2n) is 10.4. The van der Waals surface area contributed by atoms with E-state index < -0.39 is 24.7 Å². The van der Waals surface area contributed by atoms with E-state index in [-0.39, 0.29) is 44.8 Å². The molecular weight excluding hydrogens is 1080 g/mol. The van der Waals surface area contributed by atoms with Crippen LogP contribution in [0.4, 0.5) is 0 Å². The van der Waals surface area contributed by atoms with Gasteiger partial charge in [-0.1, -0.05) is 72.8 Å². The van der Waals surface area contributed by atoms with E-state index in [9.17, 15) is 0 Å². The summed E-state index contributed by atoms with van der Waals surface area (Å²) < 4.78 is 0. The molecule has 4 aromatic carbocycles. The Balaban J connectivity index is 0. The number of hydrogen-bond acceptors (Lipinski definition) is 8. The van der Waals surface area contributed by atoms with Crippen LogP contribution < -0.4 is 21.2 Å². The average Bonchev–Trinajstić information content (AvgIpc) is 3.87. The van der Waals surface area contributed by atoms with Gasteiger partial charge in [-0.3, -0.25) is 0 Å². The Hall–Kier alpha value is -1.68. The molecule has 0 saturated carbocycles. The van der Waals surface area contributed by atoms with Crippen molar-refractivity contribution in [1.29, 1.82) is 0 Å². The first kappa shape index (κ1) is 50.4. The Bertz CT molecular complexity index is 1190. The maximum atomic E-state index is 8.25. The summed E-state index contributed by atoms with van der Waals surface area (Å²) in [5.41, 5.74) is 0. The zero-order valence-corrected chi connectivity index (χ0v) is 35.4. The van der Waals surface area contributed by atoms with E-state index >= 15 is 0 Å². The third-order valence-electron chi connectivity index (χ3n) is 6.66. The van der Waals surface area contributed by atoms with Gasteiger partial charge >= 0.3 is 0 Å². The third-order valence-corrected chi connectivity index (χ3v) is 14.1. The molecule has 2 aliphatic heterocycles. The van der Waals surface area contributed by atoms with Crippen LogP contribution in [0.15, 0.2) is 121 Å². The molecule has 2 fully saturated rings. The van der Waals surface area contributed by atoms with Gasteiger partial charge in [0.2, 0.25) is 0 Å². The molecule has 50 heavy (non-hydrogen) atoms. The smallest absolute Gasteiger partial charge is 0.0689 e. The third kappa shape index (κ3) is 23.0. The number of benzene rings is 4. The molecule has 282 valence electrons. The predicted molar refractivity (Wildman–Crippen MR) is 213 cm³/mol. The van der Waals surface area contributed by atoms with Crippen molar-refractivity contribution >= 4 is 59.3 Å². The van der Waals surface area contributed by atoms with Gasteiger partial charge in [0.15, 0.2) is 0 Å². The zero-order chi connectivity index (χ0) is 35.7. The molecule has 8 nitrogen and oxygen atoms in total. The van der Waals surface area contributed by atoms with Gasteiger partial charge < -0.3 is 30.6 Å². The van der Waals surface area contributed by atoms with Gasteiger partial charge in [-0.25, -0.2) is 0 Å². The summed E-state index contributed by atoms with van der Waals surface area (Å²) in [7, 11) is -3.29. The Kier molecular flexibility index (Phi) is 30.1. The van der Waals surface area contributed by atoms with Crippen LogP contribution >= 0.6 is 38.0 Å². The van der Waals surface area contributed by atoms with Gasteiger partial charge in [0.05, 0.1) is 10.2 Å². The van der Waals surface area contributed by atoms with E-state index in [1.54, 1.807) is 0 Å². The van der Waals surface area contributed by atoms with Gasteiger partial charge in [-0.05, 0) is 97.2 Å². The monoisotopic (exact) mass is 1120 g/mol. The minimum atomic E-state index is -1.75. The van der Waals surface area contributed by atoms with Crippen molar-refractivity contribution in [2.75, 3.05) is 23.0 Å². The Morgan fingerprint density at radius 1 is 0.420 bits per heavy atom. The van der Waals surface area contributed by atoms with Gasteiger partial charge in [0.1, 0.15) is 0 Å². The van der Waals surface area contributed by atoms with Crippen molar-refractivity contribution in [3.63, 3.8) is 0 Å². The zero-order valence-electron chi connectivity index (χ0n) is 27.7. The minimum absolute atomic E-state index is 0. The molecule has 0 atom stereocenters. The largest absolute Gasteiger partial charge is 0.356 e. The molecule has 0 N–H and O–H groups in total. The van der Waals surface area contributed by atoms with Crippen molar-refractivity contribution in [3.8, 4) is 0 Å². The first-order chi connectivity index (χ1) is 22.9. The van der Waals surface area contributed by atoms with Gasteiger partial charge in [0, 0.05) is 66.0 Å². The number of thioether (sulfide) groups is 2. The summed E-state index contributed by atoms with van der Waals surface area (Å²) >= 11 is 4.15. The topological polar surface area (TPSA) is 132 Å². The molecule has 0 amide bonds. The van der Waals surface area contributed by atoms with Crippen molar-refractivity contribution in [2.45, 2.75) is 25.7 Å². The Morgan fingerprint density at radius 3 is 0.700 bits per heavy atom. The van der Waals surface area contributed by atoms with Crippen molar-refractivity contribution in [3.05, 3.63) is 179 Å². The van der Waals surface area contributed by atoms with Crippen LogP contribution in [-0.2, 0) is 44.8 Å². The van der Waals surface area contributed by atoms with Crippen molar-refractivity contribution in [1.82, 2.24) is 0 Å². The number of rotatable bonds is 4. The molecule has 0 bridgehead atoms. The quantitative estimate of drug-likeness (QED) is 0.0651. The second kappa shape index (κ2) is 29.9. The summed E-state index contributed by atoms with van der Waals surface area (Å²) in [5.74, 6) is 5.67. The summed E-state index contributed by atoms with van der Waals surface area (Å²) in [6, 6.07) is 41.3. The molecule has 0 aliphatic carbocycles. The van der Waals surface area contributed by atoms with Crippen LogP contribution in [0.1, 0.15) is 25.7 Å². The fraction of sp³-hybridized carbons (Fsp3) is 0.222. The van der Waals surface area contributed by atoms with Crippen LogP contribution in [0.2, 0.25) is 0 Å². The molecule has 0 unspecified atom stereocenters. The van der Waals surface area contributed by atoms with E-state index in [1.165, 1.54) is 69.9 Å². The van der Waals surface area contributed by atoms with Crippen LogP contribution in [0.25, 0.3) is 0 Å². The summed E-state index contributed by atoms with van der Waals surface area (Å²) in [6.45, 7) is 17.2. The molecule has 2 aliphatic rings. The van der Waals surface area contributed by atoms with E-state index in [1.807, 2.05) is 72.8 Å². The molecule has 2 saturated heterocycles. The standard InChI is InChI=1S/2C14H14P.2C4H8S.2Au.2NO3/c2*1-15(2,13-9-5-3-6-10-13)14-11-7-4-8-12-14;2*1-2-4-5-3-1;;;2*2-1(3)4/h2*3-12H,1-2H2;2*1-4H2;;;;/q2*-1;;;;;2*-1. The first-order valence-corrected chi connectivity index (χ1v) is 21.7. The minimum Gasteiger partial charge on any atom is -0.356 e. The SMILES string of the molecule is C1CCSC1.C1CCSC1.O=[N+]([O-])[O-].O=[N+]([O-])[O-].[Au].[Au].[CH2-][P+]([CH2-])(c1ccccc1)c1ccccc1.[CH2-][P+]([CH2-])(c1ccccc1)c1ccccc1. The van der Waals surface area contributed by atoms with Crippen LogP contribution in [0, 0.1) is 57.3 Å². The normalized spacial score (nSPS) is 12.6. The molecule has 2 heterocycles. The summed E-state index contributed by atoms with van der Waals surface area (Å²) in [5, 5.41) is 34.5. The van der Waals surface area contributed by atoms with Crippen LogP contribution in [0.3, 0.4) is 0 Å². The maximum absolute atomic E-state index is 8.25. The number of nitrogens with zero attached hydrogens (tertiary/aromatic N) is 2. The fourth-order valence-electron chi connectivity index (χ4n) is 4.17. The maximum Gasteiger partial charge on any atom is 0.0689 e. The Labute approximate surface area is 338 Å². The predicted octanol–water partition coefficient (Wildman–Crippen LogP) is 9.02.